The van der Waals surface area contributed by atoms with Gasteiger partial charge in [0.2, 0.25) is 0 Å². The molecule has 0 spiro atoms. The minimum atomic E-state index is -0.627. The lowest BCUT2D eigenvalue weighted by Gasteiger charge is -2.31. The van der Waals surface area contributed by atoms with Crippen LogP contribution < -0.4 is 11.1 Å². The molecule has 0 bridgehead atoms. The maximum Gasteiger partial charge on any atom is 0.295 e. The Balaban J connectivity index is 1.71. The molecular weight excluding hydrogens is 242 g/mol. The molecule has 0 saturated heterocycles. The van der Waals surface area contributed by atoms with Crippen LogP contribution in [0.1, 0.15) is 32.1 Å². The Kier molecular flexibility index (Phi) is 3.06. The van der Waals surface area contributed by atoms with Crippen molar-refractivity contribution in [2.24, 2.45) is 0 Å². The summed E-state index contributed by atoms with van der Waals surface area (Å²) in [4.78, 5) is 4.32. The molecule has 0 aliphatic heterocycles. The van der Waals surface area contributed by atoms with E-state index in [4.69, 9.17) is 10.2 Å². The minimum Gasteiger partial charge on any atom is -0.424 e. The quantitative estimate of drug-likeness (QED) is 0.739. The highest BCUT2D eigenvalue weighted by Crippen LogP contribution is 2.28. The van der Waals surface area contributed by atoms with Gasteiger partial charge in [-0.3, -0.25) is 0 Å². The van der Waals surface area contributed by atoms with Crippen molar-refractivity contribution < 1.29 is 9.52 Å². The van der Waals surface area contributed by atoms with Crippen LogP contribution >= 0.6 is 0 Å². The molecule has 1 heterocycles. The fourth-order valence-corrected chi connectivity index (χ4v) is 2.65. The van der Waals surface area contributed by atoms with Crippen LogP contribution in [0.4, 0.5) is 11.7 Å². The van der Waals surface area contributed by atoms with Crippen LogP contribution in [-0.2, 0) is 0 Å². The molecule has 1 aliphatic carbocycles. The molecule has 102 valence electrons. The van der Waals surface area contributed by atoms with Crippen molar-refractivity contribution in [1.29, 1.82) is 0 Å². The minimum absolute atomic E-state index is 0.444. The Hall–Kier alpha value is -1.75. The zero-order valence-corrected chi connectivity index (χ0v) is 10.9. The van der Waals surface area contributed by atoms with E-state index in [9.17, 15) is 5.11 Å². The van der Waals surface area contributed by atoms with Crippen LogP contribution in [0.3, 0.4) is 0 Å². The number of anilines is 2. The Morgan fingerprint density at radius 2 is 2.11 bits per heavy atom. The Morgan fingerprint density at radius 3 is 2.89 bits per heavy atom. The maximum atomic E-state index is 10.4. The van der Waals surface area contributed by atoms with E-state index >= 15 is 0 Å². The molecule has 0 radical (unpaired) electrons. The first-order valence-electron chi connectivity index (χ1n) is 6.77. The summed E-state index contributed by atoms with van der Waals surface area (Å²) >= 11 is 0. The molecule has 0 amide bonds. The fraction of sp³-hybridized carbons (Fsp3) is 0.500. The first-order chi connectivity index (χ1) is 9.15. The average Bonchev–Trinajstić information content (AvgIpc) is 2.79. The molecule has 5 heteroatoms. The van der Waals surface area contributed by atoms with Gasteiger partial charge in [0.05, 0.1) is 5.60 Å². The van der Waals surface area contributed by atoms with E-state index < -0.39 is 5.60 Å². The van der Waals surface area contributed by atoms with Crippen molar-refractivity contribution in [1.82, 2.24) is 4.98 Å². The number of aromatic nitrogens is 1. The molecule has 1 aromatic heterocycles. The van der Waals surface area contributed by atoms with E-state index in [2.05, 4.69) is 10.3 Å². The van der Waals surface area contributed by atoms with E-state index in [1.807, 2.05) is 0 Å². The number of nitrogen functional groups attached to an aromatic ring is 1. The third-order valence-corrected chi connectivity index (χ3v) is 3.76. The number of fused-ring (bicyclic) bond motifs is 1. The average molecular weight is 261 g/mol. The molecule has 19 heavy (non-hydrogen) atoms. The molecule has 0 atom stereocenters. The molecule has 3 rings (SSSR count). The molecular formula is C14H19N3O2. The molecule has 2 aromatic rings. The van der Waals surface area contributed by atoms with E-state index in [1.165, 1.54) is 6.42 Å². The van der Waals surface area contributed by atoms with Gasteiger partial charge >= 0.3 is 0 Å². The summed E-state index contributed by atoms with van der Waals surface area (Å²) in [6, 6.07) is 5.81. The highest BCUT2D eigenvalue weighted by atomic mass is 16.4. The van der Waals surface area contributed by atoms with Crippen molar-refractivity contribution in [3.63, 3.8) is 0 Å². The second kappa shape index (κ2) is 4.74. The van der Waals surface area contributed by atoms with Gasteiger partial charge in [-0.15, -0.1) is 0 Å². The van der Waals surface area contributed by atoms with Gasteiger partial charge in [0.1, 0.15) is 5.52 Å². The van der Waals surface area contributed by atoms with Crippen LogP contribution in [0.15, 0.2) is 22.6 Å². The van der Waals surface area contributed by atoms with E-state index in [1.54, 1.807) is 18.2 Å². The second-order valence-electron chi connectivity index (χ2n) is 5.38. The largest absolute Gasteiger partial charge is 0.424 e. The molecule has 0 unspecified atom stereocenters. The lowest BCUT2D eigenvalue weighted by molar-refractivity contribution is 0.0163. The normalized spacial score (nSPS) is 18.6. The molecule has 1 aromatic carbocycles. The SMILES string of the molecule is Nc1ccc2oc(NCC3(O)CCCCC3)nc2c1. The standard InChI is InChI=1S/C14H19N3O2/c15-10-4-5-12-11(8-10)17-13(19-12)16-9-14(18)6-2-1-3-7-14/h4-5,8,18H,1-3,6-7,9,15H2,(H,16,17). The highest BCUT2D eigenvalue weighted by molar-refractivity contribution is 5.78. The van der Waals surface area contributed by atoms with Crippen LogP contribution in [-0.4, -0.2) is 22.2 Å². The van der Waals surface area contributed by atoms with Gasteiger partial charge in [-0.2, -0.15) is 4.98 Å². The summed E-state index contributed by atoms with van der Waals surface area (Å²) in [6.45, 7) is 0.481. The molecule has 1 fully saturated rings. The number of hydrogen-bond acceptors (Lipinski definition) is 5. The van der Waals surface area contributed by atoms with E-state index in [0.717, 1.165) is 31.2 Å². The molecule has 1 aliphatic rings. The summed E-state index contributed by atoms with van der Waals surface area (Å²) in [5, 5.41) is 13.5. The first kappa shape index (κ1) is 12.3. The zero-order valence-electron chi connectivity index (χ0n) is 10.9. The number of nitrogens with two attached hydrogens (primary N) is 1. The summed E-state index contributed by atoms with van der Waals surface area (Å²) in [5.41, 5.74) is 7.18. The van der Waals surface area contributed by atoms with Gasteiger partial charge in [-0.1, -0.05) is 19.3 Å². The van der Waals surface area contributed by atoms with Crippen molar-refractivity contribution in [2.45, 2.75) is 37.7 Å². The zero-order chi connectivity index (χ0) is 13.3. The summed E-state index contributed by atoms with van der Waals surface area (Å²) in [5.74, 6) is 0. The van der Waals surface area contributed by atoms with Crippen LogP contribution in [0, 0.1) is 0 Å². The number of nitrogens with zero attached hydrogens (tertiary/aromatic N) is 1. The number of hydrogen-bond donors (Lipinski definition) is 3. The van der Waals surface area contributed by atoms with Crippen LogP contribution in [0.5, 0.6) is 0 Å². The van der Waals surface area contributed by atoms with Crippen molar-refractivity contribution in [3.8, 4) is 0 Å². The van der Waals surface area contributed by atoms with Crippen molar-refractivity contribution >= 4 is 22.8 Å². The Morgan fingerprint density at radius 1 is 1.32 bits per heavy atom. The summed E-state index contributed by atoms with van der Waals surface area (Å²) < 4.78 is 5.57. The number of aliphatic hydroxyl groups is 1. The Labute approximate surface area is 111 Å². The lowest BCUT2D eigenvalue weighted by atomic mass is 9.85. The van der Waals surface area contributed by atoms with E-state index in [-0.39, 0.29) is 0 Å². The van der Waals surface area contributed by atoms with Gasteiger partial charge in [0.25, 0.3) is 6.01 Å². The predicted octanol–water partition coefficient (Wildman–Crippen LogP) is 2.52. The lowest BCUT2D eigenvalue weighted by Crippen LogP contribution is -2.38. The topological polar surface area (TPSA) is 84.3 Å². The summed E-state index contributed by atoms with van der Waals surface area (Å²) in [6.07, 6.45) is 5.06. The maximum absolute atomic E-state index is 10.4. The van der Waals surface area contributed by atoms with Crippen LogP contribution in [0.2, 0.25) is 0 Å². The number of nitrogens with one attached hydrogen (secondary N) is 1. The third-order valence-electron chi connectivity index (χ3n) is 3.76. The van der Waals surface area contributed by atoms with Crippen LogP contribution in [0.25, 0.3) is 11.1 Å². The number of benzene rings is 1. The first-order valence-corrected chi connectivity index (χ1v) is 6.77. The smallest absolute Gasteiger partial charge is 0.295 e. The number of rotatable bonds is 3. The van der Waals surface area contributed by atoms with Crippen molar-refractivity contribution in [3.05, 3.63) is 18.2 Å². The van der Waals surface area contributed by atoms with Gasteiger partial charge in [0, 0.05) is 12.2 Å². The molecule has 1 saturated carbocycles. The van der Waals surface area contributed by atoms with Gasteiger partial charge in [-0.25, -0.2) is 0 Å². The third kappa shape index (κ3) is 2.66. The van der Waals surface area contributed by atoms with E-state index in [0.29, 0.717) is 23.8 Å². The Bertz CT molecular complexity index is 573. The van der Waals surface area contributed by atoms with Crippen molar-refractivity contribution in [2.75, 3.05) is 17.6 Å². The molecule has 5 nitrogen and oxygen atoms in total. The van der Waals surface area contributed by atoms with Gasteiger partial charge < -0.3 is 20.6 Å². The van der Waals surface area contributed by atoms with Gasteiger partial charge in [-0.05, 0) is 31.0 Å². The predicted molar refractivity (Wildman–Crippen MR) is 74.9 cm³/mol. The fourth-order valence-electron chi connectivity index (χ4n) is 2.65. The monoisotopic (exact) mass is 261 g/mol. The summed E-state index contributed by atoms with van der Waals surface area (Å²) in [7, 11) is 0. The highest BCUT2D eigenvalue weighted by Gasteiger charge is 2.29. The second-order valence-corrected chi connectivity index (χ2v) is 5.38. The van der Waals surface area contributed by atoms with Gasteiger partial charge in [0.15, 0.2) is 5.58 Å². The molecule has 4 N–H and O–H groups in total. The number of oxazole rings is 1.